The van der Waals surface area contributed by atoms with Crippen LogP contribution in [0.4, 0.5) is 0 Å². The zero-order chi connectivity index (χ0) is 14.7. The van der Waals surface area contributed by atoms with Crippen LogP contribution in [-0.4, -0.2) is 50.2 Å². The predicted molar refractivity (Wildman–Crippen MR) is 75.1 cm³/mol. The number of carbonyl (C=O) groups is 1. The number of likely N-dealkylation sites (tertiary alicyclic amines) is 1. The fourth-order valence-corrected chi connectivity index (χ4v) is 2.99. The summed E-state index contributed by atoms with van der Waals surface area (Å²) in [5.41, 5.74) is 5.51. The van der Waals surface area contributed by atoms with Gasteiger partial charge in [0.15, 0.2) is 0 Å². The Hall–Kier alpha value is -0.660. The largest absolute Gasteiger partial charge is 0.341 e. The van der Waals surface area contributed by atoms with Gasteiger partial charge in [0.2, 0.25) is 15.9 Å². The van der Waals surface area contributed by atoms with Crippen molar-refractivity contribution in [3.63, 3.8) is 0 Å². The second-order valence-corrected chi connectivity index (χ2v) is 7.84. The second kappa shape index (κ2) is 6.19. The summed E-state index contributed by atoms with van der Waals surface area (Å²) in [5, 5.41) is 0. The monoisotopic (exact) mass is 291 g/mol. The predicted octanol–water partition coefficient (Wildman–Crippen LogP) is 0.0441. The van der Waals surface area contributed by atoms with Crippen molar-refractivity contribution in [2.24, 2.45) is 5.73 Å². The van der Waals surface area contributed by atoms with Crippen LogP contribution in [0.15, 0.2) is 0 Å². The molecular weight excluding hydrogens is 266 g/mol. The first kappa shape index (κ1) is 16.4. The number of amides is 1. The SMILES string of the molecule is CC(C)(N)CCC(=O)N1CCCC(NS(C)(=O)=O)C1. The molecule has 0 bridgehead atoms. The number of piperidine rings is 1. The molecule has 1 rings (SSSR count). The molecule has 3 N–H and O–H groups in total. The number of nitrogens with one attached hydrogen (secondary N) is 1. The Morgan fingerprint density at radius 1 is 1.47 bits per heavy atom. The Labute approximate surface area is 115 Å². The number of nitrogens with zero attached hydrogens (tertiary/aromatic N) is 1. The maximum absolute atomic E-state index is 12.0. The molecular formula is C12H25N3O3S. The van der Waals surface area contributed by atoms with Crippen LogP contribution in [0.2, 0.25) is 0 Å². The van der Waals surface area contributed by atoms with E-state index in [0.29, 0.717) is 25.9 Å². The zero-order valence-corrected chi connectivity index (χ0v) is 12.8. The molecule has 0 spiro atoms. The first-order valence-corrected chi connectivity index (χ1v) is 8.50. The molecule has 1 atom stereocenters. The van der Waals surface area contributed by atoms with E-state index in [4.69, 9.17) is 5.73 Å². The Bertz CT molecular complexity index is 414. The Morgan fingerprint density at radius 3 is 2.63 bits per heavy atom. The van der Waals surface area contributed by atoms with Crippen molar-refractivity contribution in [2.75, 3.05) is 19.3 Å². The third-order valence-corrected chi connectivity index (χ3v) is 3.90. The van der Waals surface area contributed by atoms with E-state index in [1.807, 2.05) is 13.8 Å². The summed E-state index contributed by atoms with van der Waals surface area (Å²) in [6, 6.07) is -0.168. The first-order chi connectivity index (χ1) is 8.57. The molecule has 0 saturated carbocycles. The van der Waals surface area contributed by atoms with Gasteiger partial charge in [0, 0.05) is 31.1 Å². The number of nitrogens with two attached hydrogens (primary N) is 1. The highest BCUT2D eigenvalue weighted by atomic mass is 32.2. The zero-order valence-electron chi connectivity index (χ0n) is 12.0. The molecule has 1 unspecified atom stereocenters. The van der Waals surface area contributed by atoms with Gasteiger partial charge in [-0.1, -0.05) is 0 Å². The van der Waals surface area contributed by atoms with Gasteiger partial charge in [0.1, 0.15) is 0 Å². The quantitative estimate of drug-likeness (QED) is 0.748. The molecule has 19 heavy (non-hydrogen) atoms. The molecule has 1 aliphatic rings. The molecule has 1 fully saturated rings. The molecule has 0 aromatic rings. The van der Waals surface area contributed by atoms with Crippen LogP contribution in [0.5, 0.6) is 0 Å². The molecule has 1 heterocycles. The smallest absolute Gasteiger partial charge is 0.222 e. The van der Waals surface area contributed by atoms with E-state index in [-0.39, 0.29) is 17.5 Å². The van der Waals surface area contributed by atoms with Crippen LogP contribution >= 0.6 is 0 Å². The summed E-state index contributed by atoms with van der Waals surface area (Å²) >= 11 is 0. The van der Waals surface area contributed by atoms with Crippen LogP contribution in [0.3, 0.4) is 0 Å². The van der Waals surface area contributed by atoms with Gasteiger partial charge in [-0.25, -0.2) is 13.1 Å². The maximum atomic E-state index is 12.0. The van der Waals surface area contributed by atoms with Crippen molar-refractivity contribution >= 4 is 15.9 Å². The number of rotatable bonds is 5. The van der Waals surface area contributed by atoms with E-state index in [0.717, 1.165) is 19.1 Å². The molecule has 0 aromatic carbocycles. The average molecular weight is 291 g/mol. The van der Waals surface area contributed by atoms with Crippen molar-refractivity contribution in [1.82, 2.24) is 9.62 Å². The maximum Gasteiger partial charge on any atom is 0.222 e. The number of carbonyl (C=O) groups excluding carboxylic acids is 1. The molecule has 1 amide bonds. The van der Waals surface area contributed by atoms with Gasteiger partial charge in [-0.3, -0.25) is 4.79 Å². The molecule has 0 aliphatic carbocycles. The summed E-state index contributed by atoms with van der Waals surface area (Å²) in [6.07, 6.45) is 3.79. The molecule has 1 saturated heterocycles. The van der Waals surface area contributed by atoms with Gasteiger partial charge in [-0.05, 0) is 33.1 Å². The standard InChI is InChI=1S/C12H25N3O3S/c1-12(2,13)7-6-11(16)15-8-4-5-10(9-15)14-19(3,17)18/h10,14H,4-9,13H2,1-3H3. The number of hydrogen-bond donors (Lipinski definition) is 2. The summed E-state index contributed by atoms with van der Waals surface area (Å²) in [5.74, 6) is 0.0542. The van der Waals surface area contributed by atoms with Gasteiger partial charge >= 0.3 is 0 Å². The van der Waals surface area contributed by atoms with Crippen LogP contribution in [0, 0.1) is 0 Å². The van der Waals surface area contributed by atoms with Gasteiger partial charge in [-0.2, -0.15) is 0 Å². The summed E-state index contributed by atoms with van der Waals surface area (Å²) < 4.78 is 25.0. The van der Waals surface area contributed by atoms with Crippen molar-refractivity contribution < 1.29 is 13.2 Å². The normalized spacial score (nSPS) is 21.5. The fourth-order valence-electron chi connectivity index (χ4n) is 2.19. The lowest BCUT2D eigenvalue weighted by Gasteiger charge is -2.33. The van der Waals surface area contributed by atoms with Gasteiger partial charge in [0.05, 0.1) is 6.26 Å². The van der Waals surface area contributed by atoms with E-state index in [1.54, 1.807) is 4.90 Å². The van der Waals surface area contributed by atoms with Crippen LogP contribution in [-0.2, 0) is 14.8 Å². The molecule has 7 heteroatoms. The molecule has 112 valence electrons. The minimum Gasteiger partial charge on any atom is -0.341 e. The second-order valence-electron chi connectivity index (χ2n) is 6.06. The van der Waals surface area contributed by atoms with Crippen molar-refractivity contribution in [3.05, 3.63) is 0 Å². The number of sulfonamides is 1. The molecule has 1 aliphatic heterocycles. The third-order valence-electron chi connectivity index (χ3n) is 3.14. The average Bonchev–Trinajstić information content (AvgIpc) is 2.23. The van der Waals surface area contributed by atoms with E-state index >= 15 is 0 Å². The van der Waals surface area contributed by atoms with Gasteiger partial charge < -0.3 is 10.6 Å². The Balaban J connectivity index is 2.48. The Morgan fingerprint density at radius 2 is 2.11 bits per heavy atom. The molecule has 6 nitrogen and oxygen atoms in total. The van der Waals surface area contributed by atoms with Crippen LogP contribution in [0.25, 0.3) is 0 Å². The van der Waals surface area contributed by atoms with Crippen LogP contribution < -0.4 is 10.5 Å². The number of hydrogen-bond acceptors (Lipinski definition) is 4. The van der Waals surface area contributed by atoms with Crippen molar-refractivity contribution in [2.45, 2.75) is 51.1 Å². The minimum atomic E-state index is -3.22. The lowest BCUT2D eigenvalue weighted by atomic mass is 9.99. The summed E-state index contributed by atoms with van der Waals surface area (Å²) in [4.78, 5) is 13.8. The molecule has 0 radical (unpaired) electrons. The van der Waals surface area contributed by atoms with E-state index in [1.165, 1.54) is 0 Å². The first-order valence-electron chi connectivity index (χ1n) is 6.61. The minimum absolute atomic E-state index is 0.0542. The van der Waals surface area contributed by atoms with Crippen molar-refractivity contribution in [3.8, 4) is 0 Å². The third kappa shape index (κ3) is 6.89. The van der Waals surface area contributed by atoms with E-state index < -0.39 is 10.0 Å². The summed E-state index contributed by atoms with van der Waals surface area (Å²) in [6.45, 7) is 4.94. The fraction of sp³-hybridized carbons (Fsp3) is 0.917. The van der Waals surface area contributed by atoms with Crippen LogP contribution in [0.1, 0.15) is 39.5 Å². The van der Waals surface area contributed by atoms with Gasteiger partial charge in [-0.15, -0.1) is 0 Å². The van der Waals surface area contributed by atoms with Gasteiger partial charge in [0.25, 0.3) is 0 Å². The van der Waals surface area contributed by atoms with Crippen molar-refractivity contribution in [1.29, 1.82) is 0 Å². The Kier molecular flexibility index (Phi) is 5.34. The highest BCUT2D eigenvalue weighted by Gasteiger charge is 2.26. The highest BCUT2D eigenvalue weighted by Crippen LogP contribution is 2.14. The molecule has 0 aromatic heterocycles. The summed E-state index contributed by atoms with van der Waals surface area (Å²) in [7, 11) is -3.22. The lowest BCUT2D eigenvalue weighted by Crippen LogP contribution is -2.49. The lowest BCUT2D eigenvalue weighted by molar-refractivity contribution is -0.132. The van der Waals surface area contributed by atoms with E-state index in [9.17, 15) is 13.2 Å². The highest BCUT2D eigenvalue weighted by molar-refractivity contribution is 7.88. The topological polar surface area (TPSA) is 92.5 Å². The van der Waals surface area contributed by atoms with E-state index in [2.05, 4.69) is 4.72 Å².